The molecule has 0 spiro atoms. The number of benzene rings is 1. The second-order valence-corrected chi connectivity index (χ2v) is 6.87. The van der Waals surface area contributed by atoms with E-state index in [-0.39, 0.29) is 31.0 Å². The van der Waals surface area contributed by atoms with Gasteiger partial charge in [0.15, 0.2) is 0 Å². The molecule has 1 aliphatic carbocycles. The van der Waals surface area contributed by atoms with Crippen molar-refractivity contribution in [3.05, 3.63) is 50.6 Å². The Labute approximate surface area is 165 Å². The molecule has 2 N–H and O–H groups in total. The molecule has 1 aromatic heterocycles. The molecular formula is C19H18Cl2N2O4. The zero-order valence-electron chi connectivity index (χ0n) is 14.6. The smallest absolute Gasteiger partial charge is 0.310 e. The molecule has 1 amide bonds. The second-order valence-electron chi connectivity index (χ2n) is 6.02. The standard InChI is InChI=1S/C19H18Cl2N2O4/c1-26-19(25)6-11-9-22-16-5-3-13(8-14(11)16)27-10-18(24)23-17-4-2-12(20)7-15(17)21/h2,4-5,7-9,13,22H,3,6,10H2,1H3,(H,23,24). The van der Waals surface area contributed by atoms with Gasteiger partial charge in [0.25, 0.3) is 0 Å². The second kappa shape index (κ2) is 8.61. The minimum absolute atomic E-state index is 0.125. The number of fused-ring (bicyclic) bond motifs is 1. The maximum Gasteiger partial charge on any atom is 0.310 e. The van der Waals surface area contributed by atoms with Crippen LogP contribution < -0.4 is 15.9 Å². The Hall–Kier alpha value is -2.28. The van der Waals surface area contributed by atoms with Gasteiger partial charge in [0.2, 0.25) is 5.91 Å². The number of nitrogens with one attached hydrogen (secondary N) is 2. The summed E-state index contributed by atoms with van der Waals surface area (Å²) >= 11 is 11.9. The van der Waals surface area contributed by atoms with E-state index in [1.54, 1.807) is 24.4 Å². The first kappa shape index (κ1) is 19.5. The van der Waals surface area contributed by atoms with Crippen molar-refractivity contribution in [3.63, 3.8) is 0 Å². The monoisotopic (exact) mass is 408 g/mol. The highest BCUT2D eigenvalue weighted by atomic mass is 35.5. The maximum absolute atomic E-state index is 12.1. The summed E-state index contributed by atoms with van der Waals surface area (Å²) in [6.07, 6.45) is 6.21. The molecule has 0 saturated heterocycles. The normalized spacial score (nSPS) is 15.3. The number of carbonyl (C=O) groups is 2. The highest BCUT2D eigenvalue weighted by molar-refractivity contribution is 6.36. The Morgan fingerprint density at radius 1 is 1.33 bits per heavy atom. The van der Waals surface area contributed by atoms with Gasteiger partial charge in [-0.1, -0.05) is 29.3 Å². The number of H-pyrrole nitrogens is 1. The Morgan fingerprint density at radius 2 is 2.15 bits per heavy atom. The molecule has 1 aromatic carbocycles. The van der Waals surface area contributed by atoms with Gasteiger partial charge in [-0.2, -0.15) is 0 Å². The molecule has 0 saturated carbocycles. The Balaban J connectivity index is 1.62. The number of aromatic nitrogens is 1. The lowest BCUT2D eigenvalue weighted by atomic mass is 10.1. The number of hydrogen-bond donors (Lipinski definition) is 2. The van der Waals surface area contributed by atoms with Gasteiger partial charge in [0.05, 0.1) is 30.3 Å². The van der Waals surface area contributed by atoms with Gasteiger partial charge >= 0.3 is 5.97 Å². The van der Waals surface area contributed by atoms with Crippen LogP contribution in [-0.4, -0.2) is 36.7 Å². The zero-order chi connectivity index (χ0) is 19.4. The summed E-state index contributed by atoms with van der Waals surface area (Å²) in [5.74, 6) is -0.630. The number of hydrogen-bond acceptors (Lipinski definition) is 4. The van der Waals surface area contributed by atoms with E-state index in [0.29, 0.717) is 22.2 Å². The number of rotatable bonds is 6. The van der Waals surface area contributed by atoms with Gasteiger partial charge in [-0.25, -0.2) is 0 Å². The molecule has 1 unspecified atom stereocenters. The van der Waals surface area contributed by atoms with Crippen LogP contribution in [0.2, 0.25) is 10.0 Å². The molecule has 0 aliphatic heterocycles. The van der Waals surface area contributed by atoms with Crippen LogP contribution in [0.3, 0.4) is 0 Å². The maximum atomic E-state index is 12.1. The summed E-state index contributed by atoms with van der Waals surface area (Å²) in [7, 11) is 1.36. The first-order chi connectivity index (χ1) is 13.0. The topological polar surface area (TPSA) is 80.4 Å². The molecule has 142 valence electrons. The molecular weight excluding hydrogens is 391 g/mol. The number of anilines is 1. The lowest BCUT2D eigenvalue weighted by Crippen LogP contribution is -2.34. The van der Waals surface area contributed by atoms with Crippen molar-refractivity contribution in [2.75, 3.05) is 19.0 Å². The average Bonchev–Trinajstić information content (AvgIpc) is 3.04. The number of halogens is 2. The summed E-state index contributed by atoms with van der Waals surface area (Å²) in [5, 5.41) is 5.38. The largest absolute Gasteiger partial charge is 0.469 e. The van der Waals surface area contributed by atoms with Gasteiger partial charge in [0, 0.05) is 21.8 Å². The Morgan fingerprint density at radius 3 is 2.89 bits per heavy atom. The number of amides is 1. The number of ether oxygens (including phenoxy) is 2. The van der Waals surface area contributed by atoms with Gasteiger partial charge in [0.1, 0.15) is 6.61 Å². The molecule has 1 aliphatic rings. The molecule has 6 nitrogen and oxygen atoms in total. The highest BCUT2D eigenvalue weighted by Crippen LogP contribution is 2.25. The third kappa shape index (κ3) is 4.91. The Bertz CT molecular complexity index is 984. The number of esters is 1. The van der Waals surface area contributed by atoms with E-state index in [4.69, 9.17) is 32.7 Å². The first-order valence-electron chi connectivity index (χ1n) is 8.28. The molecule has 8 heteroatoms. The van der Waals surface area contributed by atoms with Crippen molar-refractivity contribution in [1.82, 2.24) is 4.98 Å². The lowest BCUT2D eigenvalue weighted by molar-refractivity contribution is -0.139. The van der Waals surface area contributed by atoms with Gasteiger partial charge in [-0.3, -0.25) is 9.59 Å². The van der Waals surface area contributed by atoms with E-state index in [1.807, 2.05) is 12.2 Å². The molecule has 0 radical (unpaired) electrons. The Kier molecular flexibility index (Phi) is 6.21. The molecule has 27 heavy (non-hydrogen) atoms. The fourth-order valence-electron chi connectivity index (χ4n) is 2.80. The van der Waals surface area contributed by atoms with E-state index >= 15 is 0 Å². The van der Waals surface area contributed by atoms with Crippen LogP contribution in [0.15, 0.2) is 24.4 Å². The minimum atomic E-state index is -0.317. The molecule has 0 fully saturated rings. The van der Waals surface area contributed by atoms with Crippen LogP contribution in [-0.2, 0) is 25.5 Å². The number of carbonyl (C=O) groups excluding carboxylic acids is 2. The fourth-order valence-corrected chi connectivity index (χ4v) is 3.25. The first-order valence-corrected chi connectivity index (χ1v) is 9.03. The highest BCUT2D eigenvalue weighted by Gasteiger charge is 2.15. The van der Waals surface area contributed by atoms with Gasteiger partial charge in [-0.05, 0) is 36.3 Å². The van der Waals surface area contributed by atoms with E-state index in [1.165, 1.54) is 7.11 Å². The van der Waals surface area contributed by atoms with Crippen molar-refractivity contribution >= 4 is 52.9 Å². The van der Waals surface area contributed by atoms with Crippen molar-refractivity contribution in [1.29, 1.82) is 0 Å². The van der Waals surface area contributed by atoms with Crippen molar-refractivity contribution < 1.29 is 19.1 Å². The van der Waals surface area contributed by atoms with Crippen LogP contribution in [0.1, 0.15) is 12.0 Å². The number of methoxy groups -OCH3 is 1. The van der Waals surface area contributed by atoms with Crippen molar-refractivity contribution in [3.8, 4) is 0 Å². The number of aromatic amines is 1. The predicted octanol–water partition coefficient (Wildman–Crippen LogP) is 2.03. The molecule has 2 aromatic rings. The third-order valence-electron chi connectivity index (χ3n) is 4.14. The van der Waals surface area contributed by atoms with E-state index < -0.39 is 0 Å². The fraction of sp³-hybridized carbons (Fsp3) is 0.263. The SMILES string of the molecule is COC(=O)Cc1c[nH]c2c1=CC(OCC(=O)Nc1ccc(Cl)cc1Cl)CC=2. The van der Waals surface area contributed by atoms with Gasteiger partial charge < -0.3 is 19.8 Å². The van der Waals surface area contributed by atoms with E-state index in [0.717, 1.165) is 16.1 Å². The molecule has 1 heterocycles. The van der Waals surface area contributed by atoms with Crippen LogP contribution in [0, 0.1) is 0 Å². The molecule has 3 rings (SSSR count). The van der Waals surface area contributed by atoms with Crippen molar-refractivity contribution in [2.24, 2.45) is 0 Å². The quantitative estimate of drug-likeness (QED) is 0.716. The zero-order valence-corrected chi connectivity index (χ0v) is 16.1. The summed E-state index contributed by atoms with van der Waals surface area (Å²) in [4.78, 5) is 26.8. The van der Waals surface area contributed by atoms with Gasteiger partial charge in [-0.15, -0.1) is 0 Å². The summed E-state index contributed by atoms with van der Waals surface area (Å²) in [6.45, 7) is -0.125. The van der Waals surface area contributed by atoms with Crippen LogP contribution in [0.4, 0.5) is 5.69 Å². The summed E-state index contributed by atoms with van der Waals surface area (Å²) < 4.78 is 10.4. The third-order valence-corrected chi connectivity index (χ3v) is 4.69. The minimum Gasteiger partial charge on any atom is -0.469 e. The summed E-state index contributed by atoms with van der Waals surface area (Å²) in [6, 6.07) is 4.83. The van der Waals surface area contributed by atoms with Crippen LogP contribution >= 0.6 is 23.2 Å². The van der Waals surface area contributed by atoms with Crippen LogP contribution in [0.25, 0.3) is 12.2 Å². The molecule has 1 atom stereocenters. The summed E-state index contributed by atoms with van der Waals surface area (Å²) in [5.41, 5.74) is 1.31. The average molecular weight is 409 g/mol. The van der Waals surface area contributed by atoms with Crippen molar-refractivity contribution in [2.45, 2.75) is 18.9 Å². The lowest BCUT2D eigenvalue weighted by Gasteiger charge is -2.15. The predicted molar refractivity (Wildman–Crippen MR) is 104 cm³/mol. The van der Waals surface area contributed by atoms with E-state index in [9.17, 15) is 9.59 Å². The van der Waals surface area contributed by atoms with Crippen LogP contribution in [0.5, 0.6) is 0 Å². The molecule has 0 bridgehead atoms. The van der Waals surface area contributed by atoms with E-state index in [2.05, 4.69) is 10.3 Å².